The maximum atomic E-state index is 12.4. The second kappa shape index (κ2) is 6.77. The first-order valence-electron chi connectivity index (χ1n) is 7.47. The van der Waals surface area contributed by atoms with Crippen molar-refractivity contribution in [1.82, 2.24) is 4.72 Å². The summed E-state index contributed by atoms with van der Waals surface area (Å²) in [5.74, 6) is 0.556. The van der Waals surface area contributed by atoms with E-state index >= 15 is 0 Å². The molecule has 6 heteroatoms. The number of rotatable bonds is 6. The first-order valence-corrected chi connectivity index (χ1v) is 8.95. The van der Waals surface area contributed by atoms with Crippen LogP contribution in [0.15, 0.2) is 29.2 Å². The summed E-state index contributed by atoms with van der Waals surface area (Å²) in [5, 5.41) is 0. The number of hydrogen-bond donors (Lipinski definition) is 2. The van der Waals surface area contributed by atoms with Crippen LogP contribution in [0.3, 0.4) is 0 Å². The van der Waals surface area contributed by atoms with Crippen LogP contribution in [0, 0.1) is 0 Å². The lowest BCUT2D eigenvalue weighted by Crippen LogP contribution is -2.51. The van der Waals surface area contributed by atoms with E-state index in [0.717, 1.165) is 25.7 Å². The van der Waals surface area contributed by atoms with Crippen LogP contribution in [-0.4, -0.2) is 27.1 Å². The zero-order valence-electron chi connectivity index (χ0n) is 12.5. The Kier molecular flexibility index (Phi) is 5.24. The molecule has 0 aromatic heterocycles. The van der Waals surface area contributed by atoms with Crippen molar-refractivity contribution in [3.63, 3.8) is 0 Å². The fraction of sp³-hybridized carbons (Fsp3) is 0.600. The number of nitrogens with two attached hydrogens (primary N) is 1. The van der Waals surface area contributed by atoms with Crippen molar-refractivity contribution < 1.29 is 13.2 Å². The van der Waals surface area contributed by atoms with E-state index in [1.165, 1.54) is 12.5 Å². The molecule has 0 bridgehead atoms. The molecule has 0 heterocycles. The van der Waals surface area contributed by atoms with Crippen LogP contribution in [0.5, 0.6) is 5.75 Å². The van der Waals surface area contributed by atoms with Gasteiger partial charge in [0.2, 0.25) is 10.0 Å². The molecule has 0 radical (unpaired) electrons. The van der Waals surface area contributed by atoms with Gasteiger partial charge in [0.15, 0.2) is 0 Å². The van der Waals surface area contributed by atoms with Crippen molar-refractivity contribution in [2.24, 2.45) is 5.73 Å². The lowest BCUT2D eigenvalue weighted by atomic mass is 9.83. The second-order valence-corrected chi connectivity index (χ2v) is 7.42. The van der Waals surface area contributed by atoms with Gasteiger partial charge in [-0.2, -0.15) is 0 Å². The molecule has 0 saturated heterocycles. The van der Waals surface area contributed by atoms with Crippen molar-refractivity contribution in [2.45, 2.75) is 49.5 Å². The lowest BCUT2D eigenvalue weighted by Gasteiger charge is -2.33. The third-order valence-corrected chi connectivity index (χ3v) is 5.29. The summed E-state index contributed by atoms with van der Waals surface area (Å²) < 4.78 is 32.7. The van der Waals surface area contributed by atoms with E-state index in [-0.39, 0.29) is 11.4 Å². The standard InChI is InChI=1S/C15H24N2O3S/c1-2-20-13-7-6-8-14(11-13)21(18,19)17-12-15(16)9-4-3-5-10-15/h6-8,11,17H,2-5,9-10,12,16H2,1H3. The van der Waals surface area contributed by atoms with Crippen LogP contribution in [0.2, 0.25) is 0 Å². The molecule has 1 fully saturated rings. The molecule has 2 rings (SSSR count). The third kappa shape index (κ3) is 4.43. The van der Waals surface area contributed by atoms with Gasteiger partial charge in [-0.3, -0.25) is 0 Å². The molecule has 1 aliphatic carbocycles. The first-order chi connectivity index (χ1) is 9.95. The summed E-state index contributed by atoms with van der Waals surface area (Å²) in [6.45, 7) is 2.65. The Balaban J connectivity index is 2.05. The van der Waals surface area contributed by atoms with Gasteiger partial charge in [-0.15, -0.1) is 0 Å². The predicted molar refractivity (Wildman–Crippen MR) is 82.8 cm³/mol. The lowest BCUT2D eigenvalue weighted by molar-refractivity contribution is 0.296. The zero-order chi connectivity index (χ0) is 15.3. The van der Waals surface area contributed by atoms with Gasteiger partial charge in [-0.25, -0.2) is 13.1 Å². The Morgan fingerprint density at radius 3 is 2.67 bits per heavy atom. The highest BCUT2D eigenvalue weighted by Crippen LogP contribution is 2.26. The third-order valence-electron chi connectivity index (χ3n) is 3.89. The van der Waals surface area contributed by atoms with Crippen LogP contribution in [-0.2, 0) is 10.0 Å². The summed E-state index contributed by atoms with van der Waals surface area (Å²) in [6, 6.07) is 6.53. The van der Waals surface area contributed by atoms with Gasteiger partial charge in [-0.1, -0.05) is 25.3 Å². The molecule has 0 atom stereocenters. The molecule has 118 valence electrons. The van der Waals surface area contributed by atoms with E-state index in [1.54, 1.807) is 18.2 Å². The first kappa shape index (κ1) is 16.3. The molecule has 3 N–H and O–H groups in total. The second-order valence-electron chi connectivity index (χ2n) is 5.66. The molecule has 0 spiro atoms. The largest absolute Gasteiger partial charge is 0.494 e. The van der Waals surface area contributed by atoms with Gasteiger partial charge in [0.25, 0.3) is 0 Å². The molecule has 0 unspecified atom stereocenters. The Labute approximate surface area is 126 Å². The number of benzene rings is 1. The highest BCUT2D eigenvalue weighted by Gasteiger charge is 2.29. The summed E-state index contributed by atoms with van der Waals surface area (Å²) in [4.78, 5) is 0.216. The molecule has 0 amide bonds. The average Bonchev–Trinajstić information content (AvgIpc) is 2.47. The quantitative estimate of drug-likeness (QED) is 0.842. The van der Waals surface area contributed by atoms with Crippen LogP contribution >= 0.6 is 0 Å². The Morgan fingerprint density at radius 1 is 1.29 bits per heavy atom. The number of sulfonamides is 1. The monoisotopic (exact) mass is 312 g/mol. The van der Waals surface area contributed by atoms with E-state index in [9.17, 15) is 8.42 Å². The summed E-state index contributed by atoms with van der Waals surface area (Å²) >= 11 is 0. The van der Waals surface area contributed by atoms with Crippen molar-refractivity contribution in [1.29, 1.82) is 0 Å². The predicted octanol–water partition coefficient (Wildman–Crippen LogP) is 2.03. The van der Waals surface area contributed by atoms with Crippen LogP contribution in [0.25, 0.3) is 0 Å². The highest BCUT2D eigenvalue weighted by atomic mass is 32.2. The minimum absolute atomic E-state index is 0.216. The van der Waals surface area contributed by atoms with E-state index in [4.69, 9.17) is 10.5 Å². The van der Waals surface area contributed by atoms with Gasteiger partial charge < -0.3 is 10.5 Å². The van der Waals surface area contributed by atoms with Crippen molar-refractivity contribution in [3.8, 4) is 5.75 Å². The summed E-state index contributed by atoms with van der Waals surface area (Å²) in [5.41, 5.74) is 5.86. The smallest absolute Gasteiger partial charge is 0.240 e. The number of hydrogen-bond acceptors (Lipinski definition) is 4. The molecule has 1 saturated carbocycles. The van der Waals surface area contributed by atoms with E-state index < -0.39 is 15.6 Å². The van der Waals surface area contributed by atoms with Crippen molar-refractivity contribution >= 4 is 10.0 Å². The maximum absolute atomic E-state index is 12.4. The van der Waals surface area contributed by atoms with Crippen LogP contribution in [0.1, 0.15) is 39.0 Å². The van der Waals surface area contributed by atoms with Crippen LogP contribution < -0.4 is 15.2 Å². The maximum Gasteiger partial charge on any atom is 0.240 e. The van der Waals surface area contributed by atoms with E-state index in [1.807, 2.05) is 6.92 Å². The molecular formula is C15H24N2O3S. The van der Waals surface area contributed by atoms with E-state index in [0.29, 0.717) is 12.4 Å². The normalized spacial score (nSPS) is 18.4. The van der Waals surface area contributed by atoms with Gasteiger partial charge in [0, 0.05) is 18.2 Å². The van der Waals surface area contributed by atoms with E-state index in [2.05, 4.69) is 4.72 Å². The minimum atomic E-state index is -3.55. The van der Waals surface area contributed by atoms with Gasteiger partial charge >= 0.3 is 0 Å². The average molecular weight is 312 g/mol. The molecular weight excluding hydrogens is 288 g/mol. The van der Waals surface area contributed by atoms with Gasteiger partial charge in [0.05, 0.1) is 11.5 Å². The van der Waals surface area contributed by atoms with Crippen LogP contribution in [0.4, 0.5) is 0 Å². The topological polar surface area (TPSA) is 81.4 Å². The Hall–Kier alpha value is -1.11. The van der Waals surface area contributed by atoms with Crippen molar-refractivity contribution in [3.05, 3.63) is 24.3 Å². The molecule has 1 aromatic carbocycles. The Morgan fingerprint density at radius 2 is 2.00 bits per heavy atom. The molecule has 0 aliphatic heterocycles. The summed E-state index contributed by atoms with van der Waals surface area (Å²) in [6.07, 6.45) is 5.06. The number of ether oxygens (including phenoxy) is 1. The van der Waals surface area contributed by atoms with Crippen molar-refractivity contribution in [2.75, 3.05) is 13.2 Å². The summed E-state index contributed by atoms with van der Waals surface area (Å²) in [7, 11) is -3.55. The SMILES string of the molecule is CCOc1cccc(S(=O)(=O)NCC2(N)CCCCC2)c1. The molecule has 5 nitrogen and oxygen atoms in total. The minimum Gasteiger partial charge on any atom is -0.494 e. The number of nitrogens with one attached hydrogen (secondary N) is 1. The highest BCUT2D eigenvalue weighted by molar-refractivity contribution is 7.89. The molecule has 1 aliphatic rings. The zero-order valence-corrected chi connectivity index (χ0v) is 13.3. The fourth-order valence-electron chi connectivity index (χ4n) is 2.65. The Bertz CT molecular complexity index is 566. The molecule has 21 heavy (non-hydrogen) atoms. The molecule has 1 aromatic rings. The fourth-order valence-corrected chi connectivity index (χ4v) is 3.83. The van der Waals surface area contributed by atoms with Gasteiger partial charge in [0.1, 0.15) is 5.75 Å². The van der Waals surface area contributed by atoms with Gasteiger partial charge in [-0.05, 0) is 31.9 Å².